The Morgan fingerprint density at radius 3 is 2.53 bits per heavy atom. The van der Waals surface area contributed by atoms with Crippen molar-refractivity contribution < 1.29 is 14.4 Å². The summed E-state index contributed by atoms with van der Waals surface area (Å²) in [6.07, 6.45) is 0. The minimum Gasteiger partial charge on any atom is -0.321 e. The molecule has 78 valence electrons. The topological polar surface area (TPSA) is 57.5 Å². The molecule has 3 nitrogen and oxygen atoms in total. The number of hydrogen-bond donors (Lipinski definition) is 2. The van der Waals surface area contributed by atoms with Gasteiger partial charge >= 0.3 is 7.60 Å². The second-order valence-electron chi connectivity index (χ2n) is 3.19. The summed E-state index contributed by atoms with van der Waals surface area (Å²) in [5.41, 5.74) is 0. The van der Waals surface area contributed by atoms with Crippen molar-refractivity contribution in [3.63, 3.8) is 0 Å². The predicted octanol–water partition coefficient (Wildman–Crippen LogP) is 2.30. The summed E-state index contributed by atoms with van der Waals surface area (Å²) in [6.45, 7) is 0. The maximum absolute atomic E-state index is 11.2. The molecule has 2 aromatic rings. The molecule has 0 bridgehead atoms. The van der Waals surface area contributed by atoms with Crippen LogP contribution in [0.1, 0.15) is 0 Å². The molecule has 0 saturated heterocycles. The fourth-order valence-electron chi connectivity index (χ4n) is 1.49. The van der Waals surface area contributed by atoms with E-state index < -0.39 is 7.60 Å². The Bertz CT molecular complexity index is 562. The number of hydrogen-bond acceptors (Lipinski definition) is 1. The van der Waals surface area contributed by atoms with Crippen LogP contribution in [0, 0.1) is 0 Å². The first-order valence-electron chi connectivity index (χ1n) is 4.23. The minimum absolute atomic E-state index is 0.0386. The molecule has 0 aliphatic carbocycles. The van der Waals surface area contributed by atoms with Gasteiger partial charge in [-0.1, -0.05) is 29.8 Å². The van der Waals surface area contributed by atoms with Crippen LogP contribution in [0.25, 0.3) is 10.8 Å². The number of fused-ring (bicyclic) bond motifs is 1. The van der Waals surface area contributed by atoms with E-state index >= 15 is 0 Å². The molecule has 0 fully saturated rings. The van der Waals surface area contributed by atoms with E-state index in [0.29, 0.717) is 10.4 Å². The largest absolute Gasteiger partial charge is 0.356 e. The number of rotatable bonds is 1. The van der Waals surface area contributed by atoms with Crippen LogP contribution in [-0.2, 0) is 4.57 Å². The zero-order chi connectivity index (χ0) is 11.1. The Hall–Kier alpha value is -0.860. The van der Waals surface area contributed by atoms with Gasteiger partial charge in [-0.25, -0.2) is 0 Å². The summed E-state index contributed by atoms with van der Waals surface area (Å²) in [4.78, 5) is 18.3. The Morgan fingerprint density at radius 1 is 1.13 bits per heavy atom. The first kappa shape index (κ1) is 10.7. The highest BCUT2D eigenvalue weighted by Gasteiger charge is 2.19. The van der Waals surface area contributed by atoms with Crippen molar-refractivity contribution in [1.29, 1.82) is 0 Å². The third-order valence-electron chi connectivity index (χ3n) is 2.13. The highest BCUT2D eigenvalue weighted by Crippen LogP contribution is 2.36. The SMILES string of the molecule is O=P(O)(O)c1cccc2cc(Cl)ccc12. The van der Waals surface area contributed by atoms with Crippen LogP contribution in [0.3, 0.4) is 0 Å². The van der Waals surface area contributed by atoms with Crippen LogP contribution >= 0.6 is 19.2 Å². The first-order chi connectivity index (χ1) is 6.98. The van der Waals surface area contributed by atoms with E-state index in [9.17, 15) is 4.57 Å². The van der Waals surface area contributed by atoms with E-state index in [0.717, 1.165) is 5.39 Å². The fourth-order valence-corrected chi connectivity index (χ4v) is 2.47. The summed E-state index contributed by atoms with van der Waals surface area (Å²) in [5.74, 6) is 0. The molecule has 5 heteroatoms. The second-order valence-corrected chi connectivity index (χ2v) is 5.19. The monoisotopic (exact) mass is 242 g/mol. The van der Waals surface area contributed by atoms with Gasteiger partial charge in [0.25, 0.3) is 0 Å². The van der Waals surface area contributed by atoms with E-state index in [4.69, 9.17) is 21.4 Å². The van der Waals surface area contributed by atoms with Crippen molar-refractivity contribution in [2.45, 2.75) is 0 Å². The Labute approximate surface area is 91.5 Å². The Kier molecular flexibility index (Phi) is 2.57. The summed E-state index contributed by atoms with van der Waals surface area (Å²) in [5, 5.41) is 1.85. The molecule has 0 radical (unpaired) electrons. The van der Waals surface area contributed by atoms with Gasteiger partial charge in [-0.2, -0.15) is 0 Å². The van der Waals surface area contributed by atoms with E-state index in [1.54, 1.807) is 30.3 Å². The molecule has 0 saturated carbocycles. The molecular formula is C10H8ClO3P. The van der Waals surface area contributed by atoms with Crippen LogP contribution in [0.5, 0.6) is 0 Å². The molecule has 0 aliphatic rings. The number of benzene rings is 2. The van der Waals surface area contributed by atoms with Gasteiger partial charge in [-0.3, -0.25) is 4.57 Å². The highest BCUT2D eigenvalue weighted by molar-refractivity contribution is 7.60. The minimum atomic E-state index is -4.22. The number of halogens is 1. The molecule has 0 heterocycles. The van der Waals surface area contributed by atoms with Crippen LogP contribution < -0.4 is 5.30 Å². The smallest absolute Gasteiger partial charge is 0.321 e. The maximum atomic E-state index is 11.2. The van der Waals surface area contributed by atoms with E-state index in [1.807, 2.05) is 0 Å². The lowest BCUT2D eigenvalue weighted by atomic mass is 10.1. The average Bonchev–Trinajstić information content (AvgIpc) is 2.15. The maximum Gasteiger partial charge on any atom is 0.356 e. The van der Waals surface area contributed by atoms with Crippen LogP contribution in [0.15, 0.2) is 36.4 Å². The Balaban J connectivity index is 2.83. The van der Waals surface area contributed by atoms with Gasteiger partial charge in [0.15, 0.2) is 0 Å². The first-order valence-corrected chi connectivity index (χ1v) is 6.22. The van der Waals surface area contributed by atoms with Gasteiger partial charge in [0, 0.05) is 5.02 Å². The zero-order valence-electron chi connectivity index (χ0n) is 7.59. The normalized spacial score (nSPS) is 11.9. The van der Waals surface area contributed by atoms with Gasteiger partial charge in [-0.05, 0) is 29.0 Å². The summed E-state index contributed by atoms with van der Waals surface area (Å²) >= 11 is 5.79. The molecular weight excluding hydrogens is 235 g/mol. The summed E-state index contributed by atoms with van der Waals surface area (Å²) < 4.78 is 11.2. The molecule has 15 heavy (non-hydrogen) atoms. The lowest BCUT2D eigenvalue weighted by molar-refractivity contribution is 0.388. The molecule has 2 rings (SSSR count). The molecule has 0 aromatic heterocycles. The van der Waals surface area contributed by atoms with Gasteiger partial charge in [0.05, 0.1) is 5.30 Å². The molecule has 0 aliphatic heterocycles. The fraction of sp³-hybridized carbons (Fsp3) is 0. The molecule has 0 amide bonds. The van der Waals surface area contributed by atoms with E-state index in [1.165, 1.54) is 6.07 Å². The lowest BCUT2D eigenvalue weighted by Crippen LogP contribution is -2.04. The highest BCUT2D eigenvalue weighted by atomic mass is 35.5. The van der Waals surface area contributed by atoms with Crippen molar-refractivity contribution >= 4 is 35.3 Å². The van der Waals surface area contributed by atoms with Crippen molar-refractivity contribution in [3.05, 3.63) is 41.4 Å². The van der Waals surface area contributed by atoms with Gasteiger partial charge < -0.3 is 9.79 Å². The molecule has 2 aromatic carbocycles. The second kappa shape index (κ2) is 3.62. The van der Waals surface area contributed by atoms with E-state index in [2.05, 4.69) is 0 Å². The molecule has 2 N–H and O–H groups in total. The molecule has 0 spiro atoms. The third-order valence-corrected chi connectivity index (χ3v) is 3.39. The van der Waals surface area contributed by atoms with Gasteiger partial charge in [0.1, 0.15) is 0 Å². The average molecular weight is 243 g/mol. The van der Waals surface area contributed by atoms with Crippen LogP contribution in [0.4, 0.5) is 0 Å². The van der Waals surface area contributed by atoms with Crippen LogP contribution in [-0.4, -0.2) is 9.79 Å². The van der Waals surface area contributed by atoms with Crippen molar-refractivity contribution in [1.82, 2.24) is 0 Å². The predicted molar refractivity (Wildman–Crippen MR) is 60.6 cm³/mol. The van der Waals surface area contributed by atoms with Crippen LogP contribution in [0.2, 0.25) is 5.02 Å². The van der Waals surface area contributed by atoms with Gasteiger partial charge in [-0.15, -0.1) is 0 Å². The quantitative estimate of drug-likeness (QED) is 0.755. The zero-order valence-corrected chi connectivity index (χ0v) is 9.24. The standard InChI is InChI=1S/C10H8ClO3P/c11-8-4-5-9-7(6-8)2-1-3-10(9)15(12,13)14/h1-6H,(H2,12,13,14). The van der Waals surface area contributed by atoms with Gasteiger partial charge in [0.2, 0.25) is 0 Å². The van der Waals surface area contributed by atoms with Crippen molar-refractivity contribution in [2.24, 2.45) is 0 Å². The van der Waals surface area contributed by atoms with Crippen molar-refractivity contribution in [3.8, 4) is 0 Å². The lowest BCUT2D eigenvalue weighted by Gasteiger charge is -2.07. The Morgan fingerprint density at radius 2 is 1.87 bits per heavy atom. The third kappa shape index (κ3) is 2.06. The molecule has 0 unspecified atom stereocenters. The summed E-state index contributed by atoms with van der Waals surface area (Å²) in [7, 11) is -4.22. The van der Waals surface area contributed by atoms with Crippen molar-refractivity contribution in [2.75, 3.05) is 0 Å². The van der Waals surface area contributed by atoms with E-state index in [-0.39, 0.29) is 5.30 Å². The summed E-state index contributed by atoms with van der Waals surface area (Å²) in [6, 6.07) is 9.70. The molecule has 0 atom stereocenters.